The van der Waals surface area contributed by atoms with E-state index >= 15 is 0 Å². The standard InChI is InChI=1S/C12H17/c1-2-12-10-4-8-3-9(6-10)7-11(12)5-8/h2,8-10,12H,1,3-7H2. The fourth-order valence-electron chi connectivity index (χ4n) is 4.03. The van der Waals surface area contributed by atoms with Crippen molar-refractivity contribution in [3.63, 3.8) is 0 Å². The first-order valence-electron chi connectivity index (χ1n) is 5.34. The third-order valence-electron chi connectivity index (χ3n) is 4.27. The summed E-state index contributed by atoms with van der Waals surface area (Å²) in [5, 5.41) is 0. The Morgan fingerprint density at radius 3 is 2.25 bits per heavy atom. The number of allylic oxidation sites excluding steroid dienone is 1. The van der Waals surface area contributed by atoms with Gasteiger partial charge >= 0.3 is 0 Å². The number of rotatable bonds is 1. The molecule has 4 rings (SSSR count). The van der Waals surface area contributed by atoms with Crippen LogP contribution in [0.5, 0.6) is 0 Å². The summed E-state index contributed by atoms with van der Waals surface area (Å²) in [6.45, 7) is 3.99. The van der Waals surface area contributed by atoms with Gasteiger partial charge in [-0.3, -0.25) is 0 Å². The molecule has 0 amide bonds. The van der Waals surface area contributed by atoms with E-state index < -0.39 is 0 Å². The van der Waals surface area contributed by atoms with E-state index in [0.717, 1.165) is 23.7 Å². The maximum atomic E-state index is 3.99. The Morgan fingerprint density at radius 2 is 1.75 bits per heavy atom. The smallest absolute Gasteiger partial charge is 0.0145 e. The predicted octanol–water partition coefficient (Wildman–Crippen LogP) is 3.20. The SMILES string of the molecule is C=CC1[C]2CC3CC(C2)CC1C3. The predicted molar refractivity (Wildman–Crippen MR) is 50.5 cm³/mol. The summed E-state index contributed by atoms with van der Waals surface area (Å²) in [5.74, 6) is 5.83. The van der Waals surface area contributed by atoms with Gasteiger partial charge in [0.25, 0.3) is 0 Å². The normalized spacial score (nSPS) is 51.3. The van der Waals surface area contributed by atoms with Crippen molar-refractivity contribution >= 4 is 0 Å². The second-order valence-electron chi connectivity index (χ2n) is 5.03. The number of hydrogen-bond acceptors (Lipinski definition) is 0. The first-order valence-corrected chi connectivity index (χ1v) is 5.34. The zero-order chi connectivity index (χ0) is 8.13. The molecule has 4 saturated carbocycles. The maximum Gasteiger partial charge on any atom is -0.0145 e. The van der Waals surface area contributed by atoms with Gasteiger partial charge in [0, 0.05) is 0 Å². The molecule has 4 fully saturated rings. The molecule has 0 spiro atoms. The number of hydrogen-bond donors (Lipinski definition) is 0. The van der Waals surface area contributed by atoms with E-state index in [4.69, 9.17) is 0 Å². The highest BCUT2D eigenvalue weighted by molar-refractivity contribution is 5.17. The molecule has 0 saturated heterocycles. The van der Waals surface area contributed by atoms with Gasteiger partial charge in [0.05, 0.1) is 0 Å². The van der Waals surface area contributed by atoms with E-state index in [9.17, 15) is 0 Å². The molecule has 4 bridgehead atoms. The first kappa shape index (κ1) is 7.17. The van der Waals surface area contributed by atoms with Crippen LogP contribution in [0.4, 0.5) is 0 Å². The zero-order valence-corrected chi connectivity index (χ0v) is 7.63. The van der Waals surface area contributed by atoms with Gasteiger partial charge in [0.15, 0.2) is 0 Å². The molecule has 0 aromatic rings. The molecular weight excluding hydrogens is 144 g/mol. The Hall–Kier alpha value is -0.260. The van der Waals surface area contributed by atoms with Gasteiger partial charge < -0.3 is 0 Å². The summed E-state index contributed by atoms with van der Waals surface area (Å²) in [5.41, 5.74) is 0. The third-order valence-corrected chi connectivity index (χ3v) is 4.27. The fourth-order valence-corrected chi connectivity index (χ4v) is 4.03. The van der Waals surface area contributed by atoms with Crippen LogP contribution >= 0.6 is 0 Å². The van der Waals surface area contributed by atoms with Gasteiger partial charge in [0.2, 0.25) is 0 Å². The largest absolute Gasteiger partial charge is 0.103 e. The Kier molecular flexibility index (Phi) is 1.42. The molecule has 0 aromatic heterocycles. The van der Waals surface area contributed by atoms with E-state index in [-0.39, 0.29) is 0 Å². The van der Waals surface area contributed by atoms with Gasteiger partial charge in [-0.2, -0.15) is 0 Å². The zero-order valence-electron chi connectivity index (χ0n) is 7.63. The van der Waals surface area contributed by atoms with Crippen molar-refractivity contribution in [2.24, 2.45) is 23.7 Å². The molecule has 65 valence electrons. The minimum Gasteiger partial charge on any atom is -0.103 e. The molecule has 0 aliphatic heterocycles. The van der Waals surface area contributed by atoms with E-state index in [1.54, 1.807) is 6.42 Å². The minimum atomic E-state index is 0.817. The molecular formula is C12H17. The summed E-state index contributed by atoms with van der Waals surface area (Å²) in [6.07, 6.45) is 9.68. The van der Waals surface area contributed by atoms with Gasteiger partial charge in [-0.15, -0.1) is 6.58 Å². The Bertz CT molecular complexity index is 176. The van der Waals surface area contributed by atoms with Crippen LogP contribution in [0, 0.1) is 29.6 Å². The van der Waals surface area contributed by atoms with Gasteiger partial charge in [-0.05, 0) is 61.7 Å². The van der Waals surface area contributed by atoms with Crippen molar-refractivity contribution < 1.29 is 0 Å². The highest BCUT2D eigenvalue weighted by Crippen LogP contribution is 2.57. The lowest BCUT2D eigenvalue weighted by Crippen LogP contribution is -2.43. The molecule has 3 unspecified atom stereocenters. The van der Waals surface area contributed by atoms with Crippen molar-refractivity contribution in [3.8, 4) is 0 Å². The Balaban J connectivity index is 1.90. The molecule has 4 aliphatic rings. The Labute approximate surface area is 75.0 Å². The molecule has 0 heterocycles. The molecule has 0 aromatic carbocycles. The second kappa shape index (κ2) is 2.37. The van der Waals surface area contributed by atoms with Crippen LogP contribution in [-0.2, 0) is 0 Å². The van der Waals surface area contributed by atoms with Crippen LogP contribution in [0.1, 0.15) is 32.1 Å². The summed E-state index contributed by atoms with van der Waals surface area (Å²) in [7, 11) is 0. The van der Waals surface area contributed by atoms with E-state index in [1.165, 1.54) is 25.7 Å². The summed E-state index contributed by atoms with van der Waals surface area (Å²) >= 11 is 0. The topological polar surface area (TPSA) is 0 Å². The molecule has 3 atom stereocenters. The average molecular weight is 161 g/mol. The van der Waals surface area contributed by atoms with Crippen molar-refractivity contribution in [3.05, 3.63) is 18.6 Å². The van der Waals surface area contributed by atoms with E-state index in [1.807, 2.05) is 5.92 Å². The van der Waals surface area contributed by atoms with Crippen LogP contribution in [0.15, 0.2) is 12.7 Å². The van der Waals surface area contributed by atoms with Crippen molar-refractivity contribution in [1.82, 2.24) is 0 Å². The Morgan fingerprint density at radius 1 is 1.08 bits per heavy atom. The monoisotopic (exact) mass is 161 g/mol. The van der Waals surface area contributed by atoms with Crippen molar-refractivity contribution in [2.45, 2.75) is 32.1 Å². The summed E-state index contributed by atoms with van der Waals surface area (Å²) in [6, 6.07) is 0. The molecule has 12 heavy (non-hydrogen) atoms. The van der Waals surface area contributed by atoms with Gasteiger partial charge in [-0.1, -0.05) is 6.08 Å². The van der Waals surface area contributed by atoms with Crippen molar-refractivity contribution in [2.75, 3.05) is 0 Å². The van der Waals surface area contributed by atoms with Crippen LogP contribution in [0.25, 0.3) is 0 Å². The highest BCUT2D eigenvalue weighted by Gasteiger charge is 2.47. The van der Waals surface area contributed by atoms with Crippen LogP contribution in [0.3, 0.4) is 0 Å². The molecule has 0 heteroatoms. The summed E-state index contributed by atoms with van der Waals surface area (Å²) < 4.78 is 0. The van der Waals surface area contributed by atoms with Crippen LogP contribution in [0.2, 0.25) is 0 Å². The molecule has 0 nitrogen and oxygen atoms in total. The lowest BCUT2D eigenvalue weighted by Gasteiger charge is -2.53. The summed E-state index contributed by atoms with van der Waals surface area (Å²) in [4.78, 5) is 0. The van der Waals surface area contributed by atoms with Gasteiger partial charge in [-0.25, -0.2) is 0 Å². The van der Waals surface area contributed by atoms with Gasteiger partial charge in [0.1, 0.15) is 0 Å². The molecule has 4 aliphatic carbocycles. The van der Waals surface area contributed by atoms with Crippen LogP contribution < -0.4 is 0 Å². The van der Waals surface area contributed by atoms with Crippen molar-refractivity contribution in [1.29, 1.82) is 0 Å². The fraction of sp³-hybridized carbons (Fsp3) is 0.750. The average Bonchev–Trinajstić information content (AvgIpc) is 2.02. The molecule has 0 N–H and O–H groups in total. The first-order chi connectivity index (χ1) is 5.86. The van der Waals surface area contributed by atoms with Crippen LogP contribution in [-0.4, -0.2) is 0 Å². The van der Waals surface area contributed by atoms with E-state index in [2.05, 4.69) is 12.7 Å². The maximum absolute atomic E-state index is 3.99. The lowest BCUT2D eigenvalue weighted by atomic mass is 9.52. The lowest BCUT2D eigenvalue weighted by molar-refractivity contribution is 0.0613. The van der Waals surface area contributed by atoms with E-state index in [0.29, 0.717) is 0 Å². The molecule has 1 radical (unpaired) electrons. The third kappa shape index (κ3) is 0.841. The highest BCUT2D eigenvalue weighted by atomic mass is 14.5. The minimum absolute atomic E-state index is 0.817. The quantitative estimate of drug-likeness (QED) is 0.518. The second-order valence-corrected chi connectivity index (χ2v) is 5.03.